The van der Waals surface area contributed by atoms with Gasteiger partial charge in [-0.15, -0.1) is 0 Å². The fourth-order valence-electron chi connectivity index (χ4n) is 5.03. The zero-order valence-electron chi connectivity index (χ0n) is 25.1. The molecule has 1 atom stereocenters. The Balaban J connectivity index is 1.45. The summed E-state index contributed by atoms with van der Waals surface area (Å²) in [5, 5.41) is 15.3. The minimum absolute atomic E-state index is 0.00111. The van der Waals surface area contributed by atoms with Crippen molar-refractivity contribution in [3.05, 3.63) is 53.6 Å². The Morgan fingerprint density at radius 3 is 2.60 bits per heavy atom. The van der Waals surface area contributed by atoms with Gasteiger partial charge in [-0.3, -0.25) is 4.79 Å². The van der Waals surface area contributed by atoms with E-state index in [9.17, 15) is 14.7 Å². The van der Waals surface area contributed by atoms with Gasteiger partial charge in [0.2, 0.25) is 5.91 Å². The summed E-state index contributed by atoms with van der Waals surface area (Å²) in [5.41, 5.74) is 2.08. The number of piperidine rings is 1. The molecule has 0 radical (unpaired) electrons. The number of ether oxygens (including phenoxy) is 2. The molecule has 3 N–H and O–H groups in total. The summed E-state index contributed by atoms with van der Waals surface area (Å²) < 4.78 is 29.1. The average molecular weight is 600 g/mol. The highest BCUT2D eigenvalue weighted by atomic mass is 28.3. The molecule has 0 spiro atoms. The maximum atomic E-state index is 15.3. The standard InChI is InChI=1S/C30H42FN5O5Si/c1-20-18-36(19-40-14-15-42(3,4)5)28-27(20)26(8-11-32-28)41-25-7-6-21(16-23(25)31)17-24(34-30(38)39)29(37)33-22-9-12-35(2)13-10-22/h6-8,11,16,18,22,24,34H,9-10,12-15,17,19H2,1-5H3,(H,33,37)(H,38,39). The molecule has 10 nitrogen and oxygen atoms in total. The molecule has 12 heteroatoms. The first-order valence-electron chi connectivity index (χ1n) is 14.4. The Bertz CT molecular complexity index is 1400. The third-order valence-corrected chi connectivity index (χ3v) is 9.17. The summed E-state index contributed by atoms with van der Waals surface area (Å²) in [4.78, 5) is 31.0. The van der Waals surface area contributed by atoms with Crippen LogP contribution in [0.2, 0.25) is 25.7 Å². The molecule has 3 heterocycles. The summed E-state index contributed by atoms with van der Waals surface area (Å²) >= 11 is 0. The maximum absolute atomic E-state index is 15.3. The number of pyridine rings is 1. The van der Waals surface area contributed by atoms with Crippen LogP contribution in [-0.2, 0) is 22.7 Å². The third-order valence-electron chi connectivity index (χ3n) is 7.47. The molecular weight excluding hydrogens is 557 g/mol. The number of nitrogens with zero attached hydrogens (tertiary/aromatic N) is 3. The molecule has 0 aliphatic carbocycles. The minimum Gasteiger partial charge on any atom is -0.465 e. The van der Waals surface area contributed by atoms with Crippen molar-refractivity contribution in [2.24, 2.45) is 0 Å². The van der Waals surface area contributed by atoms with E-state index in [1.165, 1.54) is 12.1 Å². The largest absolute Gasteiger partial charge is 0.465 e. The maximum Gasteiger partial charge on any atom is 0.405 e. The number of aryl methyl sites for hydroxylation is 1. The van der Waals surface area contributed by atoms with E-state index >= 15 is 4.39 Å². The van der Waals surface area contributed by atoms with Gasteiger partial charge in [0.15, 0.2) is 11.6 Å². The van der Waals surface area contributed by atoms with Crippen LogP contribution in [0, 0.1) is 12.7 Å². The summed E-state index contributed by atoms with van der Waals surface area (Å²) in [6.45, 7) is 11.6. The predicted molar refractivity (Wildman–Crippen MR) is 162 cm³/mol. The smallest absolute Gasteiger partial charge is 0.405 e. The van der Waals surface area contributed by atoms with Crippen molar-refractivity contribution < 1.29 is 28.6 Å². The number of aromatic nitrogens is 2. The zero-order valence-corrected chi connectivity index (χ0v) is 26.1. The first-order valence-corrected chi connectivity index (χ1v) is 18.1. The molecule has 0 bridgehead atoms. The lowest BCUT2D eigenvalue weighted by Crippen LogP contribution is -2.52. The number of carboxylic acid groups (broad SMARTS) is 1. The Morgan fingerprint density at radius 1 is 1.19 bits per heavy atom. The number of hydrogen-bond donors (Lipinski definition) is 3. The van der Waals surface area contributed by atoms with Crippen LogP contribution in [0.5, 0.6) is 11.5 Å². The highest BCUT2D eigenvalue weighted by Gasteiger charge is 2.26. The minimum atomic E-state index is -1.32. The first-order chi connectivity index (χ1) is 19.9. The van der Waals surface area contributed by atoms with Crippen molar-refractivity contribution in [3.8, 4) is 11.5 Å². The fourth-order valence-corrected chi connectivity index (χ4v) is 5.78. The van der Waals surface area contributed by atoms with E-state index in [0.717, 1.165) is 42.9 Å². The topological polar surface area (TPSA) is 118 Å². The number of benzene rings is 1. The Kier molecular flexibility index (Phi) is 10.2. The van der Waals surface area contributed by atoms with Gasteiger partial charge in [-0.25, -0.2) is 14.2 Å². The molecule has 1 aromatic carbocycles. The average Bonchev–Trinajstić information content (AvgIpc) is 3.24. The van der Waals surface area contributed by atoms with Crippen molar-refractivity contribution in [1.29, 1.82) is 0 Å². The van der Waals surface area contributed by atoms with Gasteiger partial charge in [-0.1, -0.05) is 25.7 Å². The van der Waals surface area contributed by atoms with E-state index < -0.39 is 31.9 Å². The van der Waals surface area contributed by atoms with Gasteiger partial charge in [-0.2, -0.15) is 0 Å². The number of fused-ring (bicyclic) bond motifs is 1. The zero-order chi connectivity index (χ0) is 30.4. The summed E-state index contributed by atoms with van der Waals surface area (Å²) in [6.07, 6.45) is 3.84. The summed E-state index contributed by atoms with van der Waals surface area (Å²) in [7, 11) is 0.827. The van der Waals surface area contributed by atoms with Crippen LogP contribution in [0.1, 0.15) is 24.0 Å². The molecule has 1 aliphatic rings. The fraction of sp³-hybridized carbons (Fsp3) is 0.500. The summed E-state index contributed by atoms with van der Waals surface area (Å²) in [5.74, 6) is -0.554. The van der Waals surface area contributed by atoms with Crippen LogP contribution in [0.4, 0.5) is 9.18 Å². The lowest BCUT2D eigenvalue weighted by Gasteiger charge is -2.30. The number of carbonyl (C=O) groups is 2. The SMILES string of the molecule is Cc1cn(COCC[Si](C)(C)C)c2nccc(Oc3ccc(CC(NC(=O)O)C(=O)NC4CCN(C)CC4)cc3F)c12. The number of amides is 2. The number of likely N-dealkylation sites (tertiary alicyclic amines) is 1. The molecule has 42 heavy (non-hydrogen) atoms. The lowest BCUT2D eigenvalue weighted by molar-refractivity contribution is -0.124. The molecule has 2 aromatic heterocycles. The second kappa shape index (κ2) is 13.7. The second-order valence-corrected chi connectivity index (χ2v) is 17.9. The molecule has 1 aliphatic heterocycles. The molecule has 1 saturated heterocycles. The Hall–Kier alpha value is -3.48. The molecule has 3 aromatic rings. The highest BCUT2D eigenvalue weighted by Crippen LogP contribution is 2.33. The quantitative estimate of drug-likeness (QED) is 0.199. The Morgan fingerprint density at radius 2 is 1.93 bits per heavy atom. The van der Waals surface area contributed by atoms with Crippen LogP contribution in [0.15, 0.2) is 36.7 Å². The van der Waals surface area contributed by atoms with Gasteiger partial charge in [0.1, 0.15) is 24.2 Å². The van der Waals surface area contributed by atoms with Crippen LogP contribution in [-0.4, -0.2) is 78.5 Å². The van der Waals surface area contributed by atoms with Crippen molar-refractivity contribution in [1.82, 2.24) is 25.1 Å². The lowest BCUT2D eigenvalue weighted by atomic mass is 10.0. The molecule has 1 unspecified atom stereocenters. The van der Waals surface area contributed by atoms with E-state index in [0.29, 0.717) is 30.3 Å². The molecule has 0 saturated carbocycles. The molecule has 1 fully saturated rings. The van der Waals surface area contributed by atoms with Crippen molar-refractivity contribution in [3.63, 3.8) is 0 Å². The number of halogens is 1. The third kappa shape index (κ3) is 8.52. The van der Waals surface area contributed by atoms with Gasteiger partial charge in [0.05, 0.1) is 5.39 Å². The normalized spacial score (nSPS) is 15.5. The summed E-state index contributed by atoms with van der Waals surface area (Å²) in [6, 6.07) is 6.10. The van der Waals surface area contributed by atoms with Crippen LogP contribution in [0.3, 0.4) is 0 Å². The van der Waals surface area contributed by atoms with E-state index in [1.54, 1.807) is 18.3 Å². The number of carbonyl (C=O) groups excluding carboxylic acids is 1. The van der Waals surface area contributed by atoms with Crippen LogP contribution in [0.25, 0.3) is 11.0 Å². The van der Waals surface area contributed by atoms with E-state index in [4.69, 9.17) is 9.47 Å². The van der Waals surface area contributed by atoms with Crippen LogP contribution >= 0.6 is 0 Å². The van der Waals surface area contributed by atoms with Crippen molar-refractivity contribution in [2.75, 3.05) is 26.7 Å². The van der Waals surface area contributed by atoms with Crippen molar-refractivity contribution in [2.45, 2.75) is 70.7 Å². The van der Waals surface area contributed by atoms with Gasteiger partial charge in [-0.05, 0) is 75.3 Å². The number of hydrogen-bond acceptors (Lipinski definition) is 6. The van der Waals surface area contributed by atoms with E-state index in [-0.39, 0.29) is 18.2 Å². The second-order valence-electron chi connectivity index (χ2n) is 12.3. The molecule has 2 amide bonds. The van der Waals surface area contributed by atoms with Gasteiger partial charge >= 0.3 is 6.09 Å². The Labute approximate surface area is 247 Å². The van der Waals surface area contributed by atoms with Crippen molar-refractivity contribution >= 4 is 31.1 Å². The monoisotopic (exact) mass is 599 g/mol. The molecule has 4 rings (SSSR count). The van der Waals surface area contributed by atoms with E-state index in [2.05, 4.69) is 40.2 Å². The first kappa shape index (κ1) is 31.5. The molecule has 228 valence electrons. The molecular formula is C30H42FN5O5Si. The number of nitrogens with one attached hydrogen (secondary N) is 2. The van der Waals surface area contributed by atoms with Crippen LogP contribution < -0.4 is 15.4 Å². The predicted octanol–water partition coefficient (Wildman–Crippen LogP) is 4.98. The number of rotatable bonds is 12. The van der Waals surface area contributed by atoms with Gasteiger partial charge < -0.3 is 34.7 Å². The highest BCUT2D eigenvalue weighted by molar-refractivity contribution is 6.76. The van der Waals surface area contributed by atoms with E-state index in [1.807, 2.05) is 24.7 Å². The van der Waals surface area contributed by atoms with Gasteiger partial charge in [0, 0.05) is 39.5 Å². The van der Waals surface area contributed by atoms with Gasteiger partial charge in [0.25, 0.3) is 0 Å².